The van der Waals surface area contributed by atoms with Crippen molar-refractivity contribution in [1.29, 1.82) is 0 Å². The molecule has 1 aromatic carbocycles. The van der Waals surface area contributed by atoms with E-state index in [0.29, 0.717) is 17.3 Å². The highest BCUT2D eigenvalue weighted by Crippen LogP contribution is 2.21. The van der Waals surface area contributed by atoms with Gasteiger partial charge in [-0.2, -0.15) is 0 Å². The lowest BCUT2D eigenvalue weighted by molar-refractivity contribution is 0.102. The van der Waals surface area contributed by atoms with E-state index in [-0.39, 0.29) is 5.91 Å². The Hall–Kier alpha value is -2.76. The number of nitrogens with zero attached hydrogens (tertiary/aromatic N) is 1. The number of H-pyrrole nitrogens is 1. The van der Waals surface area contributed by atoms with E-state index in [2.05, 4.69) is 15.5 Å². The summed E-state index contributed by atoms with van der Waals surface area (Å²) in [5.74, 6) is 0.0877. The van der Waals surface area contributed by atoms with Gasteiger partial charge in [0.25, 0.3) is 5.91 Å². The van der Waals surface area contributed by atoms with E-state index >= 15 is 0 Å². The number of aromatic nitrogens is 2. The Morgan fingerprint density at radius 1 is 1.35 bits per heavy atom. The molecule has 0 radical (unpaired) electrons. The van der Waals surface area contributed by atoms with Gasteiger partial charge in [0.1, 0.15) is 5.69 Å². The van der Waals surface area contributed by atoms with E-state index < -0.39 is 0 Å². The molecule has 0 spiro atoms. The molecule has 20 heavy (non-hydrogen) atoms. The second-order valence-electron chi connectivity index (χ2n) is 4.71. The fourth-order valence-electron chi connectivity index (χ4n) is 1.98. The zero-order chi connectivity index (χ0) is 14.3. The molecular weight excluding hydrogens is 256 g/mol. The van der Waals surface area contributed by atoms with Crippen molar-refractivity contribution in [2.45, 2.75) is 13.8 Å². The number of fused-ring (bicyclic) bond motifs is 1. The largest absolute Gasteiger partial charge is 0.399 e. The van der Waals surface area contributed by atoms with Crippen LogP contribution in [-0.2, 0) is 0 Å². The standard InChI is InChI=1S/C14H14N4O2/c1-7-8(2)18-20-14(7)17-13(19)12-6-9-5-10(15)3-4-11(9)16-12/h3-6,16H,15H2,1-2H3,(H,17,19). The summed E-state index contributed by atoms with van der Waals surface area (Å²) in [5, 5.41) is 7.38. The van der Waals surface area contributed by atoms with Gasteiger partial charge in [-0.15, -0.1) is 0 Å². The normalized spacial score (nSPS) is 10.9. The molecule has 0 saturated heterocycles. The van der Waals surface area contributed by atoms with Crippen LogP contribution in [0.15, 0.2) is 28.8 Å². The van der Waals surface area contributed by atoms with E-state index in [1.165, 1.54) is 0 Å². The molecule has 6 nitrogen and oxygen atoms in total. The second-order valence-corrected chi connectivity index (χ2v) is 4.71. The van der Waals surface area contributed by atoms with Gasteiger partial charge in [-0.3, -0.25) is 10.1 Å². The Labute approximate surface area is 114 Å². The molecule has 3 aromatic rings. The lowest BCUT2D eigenvalue weighted by Gasteiger charge is -1.99. The molecule has 2 heterocycles. The monoisotopic (exact) mass is 270 g/mol. The minimum absolute atomic E-state index is 0.279. The highest BCUT2D eigenvalue weighted by molar-refractivity contribution is 6.05. The number of benzene rings is 1. The van der Waals surface area contributed by atoms with Crippen molar-refractivity contribution in [3.8, 4) is 0 Å². The minimum Gasteiger partial charge on any atom is -0.399 e. The lowest BCUT2D eigenvalue weighted by Crippen LogP contribution is -2.12. The van der Waals surface area contributed by atoms with Crippen molar-refractivity contribution in [2.24, 2.45) is 0 Å². The fourth-order valence-corrected chi connectivity index (χ4v) is 1.98. The number of nitrogens with two attached hydrogens (primary N) is 1. The van der Waals surface area contributed by atoms with Crippen LogP contribution >= 0.6 is 0 Å². The van der Waals surface area contributed by atoms with Crippen LogP contribution in [-0.4, -0.2) is 16.0 Å². The molecule has 2 aromatic heterocycles. The summed E-state index contributed by atoms with van der Waals surface area (Å²) < 4.78 is 5.06. The number of carbonyl (C=O) groups excluding carboxylic acids is 1. The van der Waals surface area contributed by atoms with Gasteiger partial charge in [0.15, 0.2) is 0 Å². The van der Waals surface area contributed by atoms with Crippen LogP contribution in [0.1, 0.15) is 21.7 Å². The van der Waals surface area contributed by atoms with Crippen LogP contribution in [0, 0.1) is 13.8 Å². The maximum atomic E-state index is 12.2. The van der Waals surface area contributed by atoms with Gasteiger partial charge in [0.2, 0.25) is 5.88 Å². The summed E-state index contributed by atoms with van der Waals surface area (Å²) in [5.41, 5.74) is 9.25. The SMILES string of the molecule is Cc1noc(NC(=O)c2cc3cc(N)ccc3[nH]2)c1C. The molecule has 0 aliphatic heterocycles. The van der Waals surface area contributed by atoms with Gasteiger partial charge in [-0.05, 0) is 38.1 Å². The van der Waals surface area contributed by atoms with Gasteiger partial charge < -0.3 is 15.2 Å². The van der Waals surface area contributed by atoms with E-state index in [4.69, 9.17) is 10.3 Å². The van der Waals surface area contributed by atoms with Crippen molar-refractivity contribution in [2.75, 3.05) is 11.1 Å². The number of carbonyl (C=O) groups is 1. The first-order chi connectivity index (χ1) is 9.54. The lowest BCUT2D eigenvalue weighted by atomic mass is 10.2. The number of hydrogen-bond acceptors (Lipinski definition) is 4. The Morgan fingerprint density at radius 3 is 2.85 bits per heavy atom. The van der Waals surface area contributed by atoms with Crippen LogP contribution in [0.25, 0.3) is 10.9 Å². The zero-order valence-electron chi connectivity index (χ0n) is 11.2. The Morgan fingerprint density at radius 2 is 2.15 bits per heavy atom. The molecule has 102 valence electrons. The van der Waals surface area contributed by atoms with Crippen molar-refractivity contribution >= 4 is 28.4 Å². The summed E-state index contributed by atoms with van der Waals surface area (Å²) in [7, 11) is 0. The van der Waals surface area contributed by atoms with Crippen molar-refractivity contribution in [3.63, 3.8) is 0 Å². The number of nitrogens with one attached hydrogen (secondary N) is 2. The van der Waals surface area contributed by atoms with E-state index in [0.717, 1.165) is 22.2 Å². The third-order valence-electron chi connectivity index (χ3n) is 3.27. The number of nitrogen functional groups attached to an aromatic ring is 1. The van der Waals surface area contributed by atoms with Gasteiger partial charge in [-0.1, -0.05) is 5.16 Å². The minimum atomic E-state index is -0.279. The summed E-state index contributed by atoms with van der Waals surface area (Å²) >= 11 is 0. The molecule has 6 heteroatoms. The molecule has 0 fully saturated rings. The molecule has 0 saturated carbocycles. The quantitative estimate of drug-likeness (QED) is 0.623. The number of aromatic amines is 1. The highest BCUT2D eigenvalue weighted by atomic mass is 16.5. The fraction of sp³-hybridized carbons (Fsp3) is 0.143. The number of rotatable bonds is 2. The maximum Gasteiger partial charge on any atom is 0.274 e. The molecule has 0 atom stereocenters. The highest BCUT2D eigenvalue weighted by Gasteiger charge is 2.15. The molecule has 0 bridgehead atoms. The van der Waals surface area contributed by atoms with Crippen molar-refractivity contribution in [3.05, 3.63) is 41.2 Å². The molecule has 4 N–H and O–H groups in total. The molecule has 0 unspecified atom stereocenters. The van der Waals surface area contributed by atoms with Crippen LogP contribution < -0.4 is 11.1 Å². The van der Waals surface area contributed by atoms with Crippen molar-refractivity contribution < 1.29 is 9.32 Å². The Kier molecular flexibility index (Phi) is 2.71. The topological polar surface area (TPSA) is 96.9 Å². The van der Waals surface area contributed by atoms with Gasteiger partial charge in [0.05, 0.1) is 5.69 Å². The predicted molar refractivity (Wildman–Crippen MR) is 76.6 cm³/mol. The smallest absolute Gasteiger partial charge is 0.274 e. The molecule has 0 aliphatic carbocycles. The Balaban J connectivity index is 1.90. The average Bonchev–Trinajstić information content (AvgIpc) is 2.96. The second kappa shape index (κ2) is 4.41. The zero-order valence-corrected chi connectivity index (χ0v) is 11.2. The van der Waals surface area contributed by atoms with Gasteiger partial charge in [-0.25, -0.2) is 0 Å². The maximum absolute atomic E-state index is 12.2. The van der Waals surface area contributed by atoms with E-state index in [1.54, 1.807) is 12.1 Å². The molecule has 1 amide bonds. The van der Waals surface area contributed by atoms with E-state index in [9.17, 15) is 4.79 Å². The molecular formula is C14H14N4O2. The number of amides is 1. The van der Waals surface area contributed by atoms with Crippen molar-refractivity contribution in [1.82, 2.24) is 10.1 Å². The van der Waals surface area contributed by atoms with Gasteiger partial charge >= 0.3 is 0 Å². The summed E-state index contributed by atoms with van der Waals surface area (Å²) in [4.78, 5) is 15.2. The predicted octanol–water partition coefficient (Wildman–Crippen LogP) is 2.61. The first kappa shape index (κ1) is 12.3. The third kappa shape index (κ3) is 2.01. The summed E-state index contributed by atoms with van der Waals surface area (Å²) in [6, 6.07) is 7.18. The summed E-state index contributed by atoms with van der Waals surface area (Å²) in [6.07, 6.45) is 0. The van der Waals surface area contributed by atoms with E-state index in [1.807, 2.05) is 26.0 Å². The molecule has 3 rings (SSSR count). The van der Waals surface area contributed by atoms with Crippen LogP contribution in [0.3, 0.4) is 0 Å². The van der Waals surface area contributed by atoms with Crippen LogP contribution in [0.2, 0.25) is 0 Å². The first-order valence-corrected chi connectivity index (χ1v) is 6.17. The average molecular weight is 270 g/mol. The number of hydrogen-bond donors (Lipinski definition) is 3. The summed E-state index contributed by atoms with van der Waals surface area (Å²) in [6.45, 7) is 3.66. The van der Waals surface area contributed by atoms with Crippen LogP contribution in [0.4, 0.5) is 11.6 Å². The van der Waals surface area contributed by atoms with Gasteiger partial charge in [0, 0.05) is 22.2 Å². The number of anilines is 2. The van der Waals surface area contributed by atoms with Crippen LogP contribution in [0.5, 0.6) is 0 Å². The first-order valence-electron chi connectivity index (χ1n) is 6.17. The third-order valence-corrected chi connectivity index (χ3v) is 3.27. The molecule has 0 aliphatic rings. The number of aryl methyl sites for hydroxylation is 1. The Bertz CT molecular complexity index is 801.